The Kier molecular flexibility index (Phi) is 58.0. The summed E-state index contributed by atoms with van der Waals surface area (Å²) >= 11 is 0. The van der Waals surface area contributed by atoms with Crippen LogP contribution in [0.25, 0.3) is 0 Å². The van der Waals surface area contributed by atoms with E-state index >= 15 is 0 Å². The normalized spacial score (nSPS) is 13.6. The van der Waals surface area contributed by atoms with Gasteiger partial charge in [0.2, 0.25) is 0 Å². The van der Waals surface area contributed by atoms with Crippen molar-refractivity contribution in [2.24, 2.45) is 0 Å². The number of rotatable bonds is 58. The zero-order valence-corrected chi connectivity index (χ0v) is 52.4. The van der Waals surface area contributed by atoms with Gasteiger partial charge in [0.1, 0.15) is 13.2 Å². The third-order valence-electron chi connectivity index (χ3n) is 13.4. The third kappa shape index (κ3) is 62.9. The summed E-state index contributed by atoms with van der Waals surface area (Å²) in [5.41, 5.74) is 0. The lowest BCUT2D eigenvalue weighted by molar-refractivity contribution is -0.870. The van der Waals surface area contributed by atoms with Gasteiger partial charge in [0.05, 0.1) is 34.4 Å². The smallest absolute Gasteiger partial charge is 0.361 e. The number of carboxylic acids is 1. The molecular weight excluding hydrogens is 1010 g/mol. The third-order valence-corrected chi connectivity index (χ3v) is 13.4. The van der Waals surface area contributed by atoms with E-state index in [-0.39, 0.29) is 32.2 Å². The highest BCUT2D eigenvalue weighted by molar-refractivity contribution is 5.71. The SMILES string of the molecule is CC/C=C\C/C=C\C/C=C\C/C=C\C/C=C\C/C=C\C/C=C\C/C=C\C/C=C\C/C=C\CCCCCCCCC(=O)OC(COC(=O)CCCCCCCCCCC/C=C\CCCCCCCC)COC(OCC[N+](C)(C)C)C(=O)O. The largest absolute Gasteiger partial charge is 0.477 e. The standard InChI is InChI=1S/C72H119NO8/c1-6-8-10-12-14-16-18-20-22-24-26-27-28-29-30-31-32-33-34-35-36-37-38-39-40-41-42-43-45-47-49-51-53-55-57-59-61-63-70(75)81-68(67-80-72(71(76)77)78-65-64-73(3,4)5)66-79-69(74)62-60-58-56-54-52-50-48-46-44-25-23-21-19-17-15-13-11-9-7-2/h8,10,14,16,20-23,26-27,29-30,32-33,35-36,38-39,41-42,45,47,68,72H,6-7,9,11-13,15,17-19,24-25,28,31,34,37,40,43-44,46,48-67H2,1-5H3/p+1/b10-8-,16-14-,22-20-,23-21-,27-26-,30-29-,33-32-,36-35-,39-38-,42-41-,47-45-. The van der Waals surface area contributed by atoms with Gasteiger partial charge < -0.3 is 28.5 Å². The van der Waals surface area contributed by atoms with Crippen molar-refractivity contribution in [2.75, 3.05) is 47.5 Å². The Hall–Kier alpha value is -4.57. The summed E-state index contributed by atoms with van der Waals surface area (Å²) in [6.07, 6.45) is 85.4. The number of hydrogen-bond donors (Lipinski definition) is 1. The monoisotopic (exact) mass is 1130 g/mol. The van der Waals surface area contributed by atoms with Crippen LogP contribution in [-0.2, 0) is 33.3 Å². The molecule has 0 saturated carbocycles. The van der Waals surface area contributed by atoms with Gasteiger partial charge in [-0.1, -0.05) is 250 Å². The fourth-order valence-corrected chi connectivity index (χ4v) is 8.45. The maximum atomic E-state index is 12.9. The maximum absolute atomic E-state index is 12.9. The Balaban J connectivity index is 4.24. The quantitative estimate of drug-likeness (QED) is 0.0211. The minimum absolute atomic E-state index is 0.178. The number of aliphatic carboxylic acids is 1. The van der Waals surface area contributed by atoms with Crippen molar-refractivity contribution >= 4 is 17.9 Å². The number of likely N-dealkylation sites (N-methyl/N-ethyl adjacent to an activating group) is 1. The molecule has 0 aromatic heterocycles. The predicted molar refractivity (Wildman–Crippen MR) is 345 cm³/mol. The van der Waals surface area contributed by atoms with Gasteiger partial charge in [-0.25, -0.2) is 4.79 Å². The molecule has 0 fully saturated rings. The lowest BCUT2D eigenvalue weighted by Crippen LogP contribution is -2.40. The number of ether oxygens (including phenoxy) is 4. The molecule has 0 heterocycles. The summed E-state index contributed by atoms with van der Waals surface area (Å²) < 4.78 is 22.9. The van der Waals surface area contributed by atoms with Crippen molar-refractivity contribution in [2.45, 2.75) is 257 Å². The van der Waals surface area contributed by atoms with Crippen LogP contribution in [0.1, 0.15) is 245 Å². The molecule has 0 aromatic rings. The first-order valence-corrected chi connectivity index (χ1v) is 32.3. The first-order valence-electron chi connectivity index (χ1n) is 32.3. The molecule has 0 amide bonds. The molecule has 0 aliphatic heterocycles. The molecule has 460 valence electrons. The van der Waals surface area contributed by atoms with Gasteiger partial charge in [-0.2, -0.15) is 0 Å². The zero-order chi connectivity index (χ0) is 59.1. The van der Waals surface area contributed by atoms with E-state index in [1.807, 2.05) is 21.1 Å². The highest BCUT2D eigenvalue weighted by Gasteiger charge is 2.25. The highest BCUT2D eigenvalue weighted by Crippen LogP contribution is 2.15. The molecular formula is C72H120NO8+. The number of carbonyl (C=O) groups is 3. The van der Waals surface area contributed by atoms with Crippen LogP contribution < -0.4 is 0 Å². The van der Waals surface area contributed by atoms with E-state index in [1.54, 1.807) is 0 Å². The Morgan fingerprint density at radius 2 is 0.704 bits per heavy atom. The molecule has 2 atom stereocenters. The van der Waals surface area contributed by atoms with Crippen LogP contribution in [0.5, 0.6) is 0 Å². The molecule has 0 spiro atoms. The number of esters is 2. The molecule has 9 nitrogen and oxygen atoms in total. The van der Waals surface area contributed by atoms with Gasteiger partial charge in [-0.3, -0.25) is 9.59 Å². The fourth-order valence-electron chi connectivity index (χ4n) is 8.45. The molecule has 0 bridgehead atoms. The van der Waals surface area contributed by atoms with E-state index in [9.17, 15) is 19.5 Å². The summed E-state index contributed by atoms with van der Waals surface area (Å²) in [5, 5.41) is 9.72. The molecule has 0 saturated heterocycles. The van der Waals surface area contributed by atoms with Crippen molar-refractivity contribution in [3.63, 3.8) is 0 Å². The first-order chi connectivity index (χ1) is 39.6. The number of quaternary nitrogens is 1. The number of allylic oxidation sites excluding steroid dienone is 22. The van der Waals surface area contributed by atoms with Crippen LogP contribution in [0.4, 0.5) is 0 Å². The minimum atomic E-state index is -1.52. The topological polar surface area (TPSA) is 108 Å². The van der Waals surface area contributed by atoms with E-state index in [2.05, 4.69) is 148 Å². The lowest BCUT2D eigenvalue weighted by Gasteiger charge is -2.25. The van der Waals surface area contributed by atoms with Crippen molar-refractivity contribution in [1.29, 1.82) is 0 Å². The number of carbonyl (C=O) groups excluding carboxylic acids is 2. The van der Waals surface area contributed by atoms with E-state index in [4.69, 9.17) is 18.9 Å². The van der Waals surface area contributed by atoms with Crippen LogP contribution in [0.15, 0.2) is 134 Å². The fraction of sp³-hybridized carbons (Fsp3) is 0.653. The number of hydrogen-bond acceptors (Lipinski definition) is 7. The Morgan fingerprint density at radius 3 is 1.06 bits per heavy atom. The zero-order valence-electron chi connectivity index (χ0n) is 52.4. The molecule has 0 aliphatic rings. The van der Waals surface area contributed by atoms with Crippen LogP contribution in [0.2, 0.25) is 0 Å². The van der Waals surface area contributed by atoms with E-state index in [0.717, 1.165) is 122 Å². The second kappa shape index (κ2) is 61.5. The van der Waals surface area contributed by atoms with Crippen LogP contribution in [0, 0.1) is 0 Å². The van der Waals surface area contributed by atoms with E-state index in [0.29, 0.717) is 23.9 Å². The van der Waals surface area contributed by atoms with Crippen LogP contribution in [0.3, 0.4) is 0 Å². The van der Waals surface area contributed by atoms with Crippen molar-refractivity contribution in [1.82, 2.24) is 0 Å². The molecule has 81 heavy (non-hydrogen) atoms. The Labute approximate surface area is 497 Å². The number of unbranched alkanes of at least 4 members (excludes halogenated alkanes) is 21. The summed E-state index contributed by atoms with van der Waals surface area (Å²) in [4.78, 5) is 37.5. The molecule has 2 unspecified atom stereocenters. The van der Waals surface area contributed by atoms with Gasteiger partial charge in [0.15, 0.2) is 6.10 Å². The molecule has 9 heteroatoms. The summed E-state index contributed by atoms with van der Waals surface area (Å²) in [7, 11) is 5.96. The second-order valence-electron chi connectivity index (χ2n) is 22.3. The summed E-state index contributed by atoms with van der Waals surface area (Å²) in [6, 6.07) is 0. The first kappa shape index (κ1) is 76.4. The second-order valence-corrected chi connectivity index (χ2v) is 22.3. The lowest BCUT2D eigenvalue weighted by atomic mass is 10.1. The highest BCUT2D eigenvalue weighted by atomic mass is 16.7. The van der Waals surface area contributed by atoms with E-state index in [1.165, 1.54) is 89.9 Å². The van der Waals surface area contributed by atoms with E-state index < -0.39 is 24.3 Å². The average Bonchev–Trinajstić information content (AvgIpc) is 3.44. The number of carboxylic acid groups (broad SMARTS) is 1. The van der Waals surface area contributed by atoms with Crippen LogP contribution >= 0.6 is 0 Å². The number of nitrogens with zero attached hydrogens (tertiary/aromatic N) is 1. The predicted octanol–water partition coefficient (Wildman–Crippen LogP) is 19.8. The average molecular weight is 1130 g/mol. The summed E-state index contributed by atoms with van der Waals surface area (Å²) in [5.74, 6) is -2.04. The van der Waals surface area contributed by atoms with Crippen molar-refractivity contribution in [3.05, 3.63) is 134 Å². The van der Waals surface area contributed by atoms with Gasteiger partial charge in [-0.15, -0.1) is 0 Å². The van der Waals surface area contributed by atoms with Crippen molar-refractivity contribution < 1.29 is 42.9 Å². The van der Waals surface area contributed by atoms with Gasteiger partial charge >= 0.3 is 17.9 Å². The molecule has 0 rings (SSSR count). The Morgan fingerprint density at radius 1 is 0.383 bits per heavy atom. The maximum Gasteiger partial charge on any atom is 0.361 e. The molecule has 0 radical (unpaired) electrons. The molecule has 0 aliphatic carbocycles. The van der Waals surface area contributed by atoms with Crippen LogP contribution in [-0.4, -0.2) is 87.4 Å². The molecule has 1 N–H and O–H groups in total. The molecule has 0 aromatic carbocycles. The summed E-state index contributed by atoms with van der Waals surface area (Å²) in [6.45, 7) is 4.73. The minimum Gasteiger partial charge on any atom is -0.477 e. The Bertz CT molecular complexity index is 1790. The van der Waals surface area contributed by atoms with Crippen molar-refractivity contribution in [3.8, 4) is 0 Å². The van der Waals surface area contributed by atoms with Gasteiger partial charge in [0, 0.05) is 12.8 Å². The van der Waals surface area contributed by atoms with Gasteiger partial charge in [0.25, 0.3) is 6.29 Å². The van der Waals surface area contributed by atoms with Gasteiger partial charge in [-0.05, 0) is 116 Å².